The molecule has 1 unspecified atom stereocenters. The molecule has 3 rings (SSSR count). The number of carbonyl (C=O) groups is 1. The van der Waals surface area contributed by atoms with Crippen LogP contribution in [0.2, 0.25) is 0 Å². The number of nitrogens with zero attached hydrogens (tertiary/aromatic N) is 2. The van der Waals surface area contributed by atoms with Crippen LogP contribution in [0.3, 0.4) is 0 Å². The first-order valence-corrected chi connectivity index (χ1v) is 8.59. The second-order valence-electron chi connectivity index (χ2n) is 5.84. The molecule has 0 spiro atoms. The van der Waals surface area contributed by atoms with Crippen LogP contribution in [0, 0.1) is 19.7 Å². The van der Waals surface area contributed by atoms with Crippen molar-refractivity contribution in [3.63, 3.8) is 0 Å². The van der Waals surface area contributed by atoms with Gasteiger partial charge in [0.1, 0.15) is 16.9 Å². The minimum Gasteiger partial charge on any atom is -0.378 e. The van der Waals surface area contributed by atoms with Gasteiger partial charge in [0, 0.05) is 13.6 Å². The van der Waals surface area contributed by atoms with Gasteiger partial charge in [-0.05, 0) is 42.6 Å². The number of rotatable bonds is 3. The zero-order chi connectivity index (χ0) is 17.3. The van der Waals surface area contributed by atoms with E-state index in [1.165, 1.54) is 17.6 Å². The molecule has 7 heteroatoms. The van der Waals surface area contributed by atoms with Crippen molar-refractivity contribution in [2.45, 2.75) is 20.0 Å². The number of benzene rings is 1. The summed E-state index contributed by atoms with van der Waals surface area (Å²) in [4.78, 5) is 14.7. The molecule has 24 heavy (non-hydrogen) atoms. The lowest BCUT2D eigenvalue weighted by atomic mass is 10.0. The van der Waals surface area contributed by atoms with Crippen LogP contribution in [0.5, 0.6) is 0 Å². The summed E-state index contributed by atoms with van der Waals surface area (Å²) < 4.78 is 23.5. The molecule has 1 saturated heterocycles. The second-order valence-corrected chi connectivity index (χ2v) is 6.61. The van der Waals surface area contributed by atoms with Crippen LogP contribution >= 0.6 is 11.5 Å². The van der Waals surface area contributed by atoms with Gasteiger partial charge >= 0.3 is 0 Å². The smallest absolute Gasteiger partial charge is 0.258 e. The van der Waals surface area contributed by atoms with Crippen LogP contribution in [0.4, 0.5) is 9.39 Å². The number of aryl methyl sites for hydroxylation is 2. The number of ether oxygens (including phenoxy) is 1. The van der Waals surface area contributed by atoms with Gasteiger partial charge < -0.3 is 15.0 Å². The van der Waals surface area contributed by atoms with E-state index in [0.29, 0.717) is 30.8 Å². The van der Waals surface area contributed by atoms with Crippen molar-refractivity contribution in [1.82, 2.24) is 9.27 Å². The van der Waals surface area contributed by atoms with Crippen LogP contribution in [0.1, 0.15) is 33.3 Å². The summed E-state index contributed by atoms with van der Waals surface area (Å²) in [5, 5.41) is 3.80. The molecule has 128 valence electrons. The maximum atomic E-state index is 13.5. The monoisotopic (exact) mass is 349 g/mol. The Morgan fingerprint density at radius 2 is 2.25 bits per heavy atom. The Labute approximate surface area is 144 Å². The summed E-state index contributed by atoms with van der Waals surface area (Å²) in [7, 11) is 1.78. The lowest BCUT2D eigenvalue weighted by Gasteiger charge is -2.33. The minimum absolute atomic E-state index is 0.0438. The molecule has 2 aromatic rings. The van der Waals surface area contributed by atoms with Gasteiger partial charge in [-0.2, -0.15) is 4.37 Å². The van der Waals surface area contributed by atoms with Gasteiger partial charge in [-0.25, -0.2) is 4.39 Å². The third kappa shape index (κ3) is 3.14. The maximum Gasteiger partial charge on any atom is 0.258 e. The third-order valence-electron chi connectivity index (χ3n) is 4.21. The summed E-state index contributed by atoms with van der Waals surface area (Å²) >= 11 is 1.29. The highest BCUT2D eigenvalue weighted by Gasteiger charge is 2.29. The third-order valence-corrected chi connectivity index (χ3v) is 5.17. The Morgan fingerprint density at radius 1 is 1.46 bits per heavy atom. The quantitative estimate of drug-likeness (QED) is 0.925. The van der Waals surface area contributed by atoms with E-state index >= 15 is 0 Å². The average Bonchev–Trinajstić information content (AvgIpc) is 2.97. The average molecular weight is 349 g/mol. The number of nitrogens with one attached hydrogen (secondary N) is 1. The Bertz CT molecular complexity index is 762. The van der Waals surface area contributed by atoms with Gasteiger partial charge in [-0.15, -0.1) is 0 Å². The highest BCUT2D eigenvalue weighted by molar-refractivity contribution is 7.10. The topological polar surface area (TPSA) is 54.5 Å². The van der Waals surface area contributed by atoms with Crippen molar-refractivity contribution in [2.24, 2.45) is 0 Å². The molecule has 1 N–H and O–H groups in total. The van der Waals surface area contributed by atoms with Gasteiger partial charge in [0.15, 0.2) is 0 Å². The summed E-state index contributed by atoms with van der Waals surface area (Å²) in [5.74, 6) is -0.279. The molecule has 1 atom stereocenters. The number of hydrogen-bond acceptors (Lipinski definition) is 5. The zero-order valence-corrected chi connectivity index (χ0v) is 14.7. The van der Waals surface area contributed by atoms with Gasteiger partial charge in [-0.1, -0.05) is 12.1 Å². The van der Waals surface area contributed by atoms with Crippen LogP contribution < -0.4 is 5.32 Å². The van der Waals surface area contributed by atoms with Crippen molar-refractivity contribution in [1.29, 1.82) is 0 Å². The fourth-order valence-corrected chi connectivity index (χ4v) is 3.59. The van der Waals surface area contributed by atoms with Gasteiger partial charge in [0.05, 0.1) is 24.4 Å². The molecule has 2 heterocycles. The summed E-state index contributed by atoms with van der Waals surface area (Å²) in [6.45, 7) is 5.00. The van der Waals surface area contributed by atoms with E-state index in [-0.39, 0.29) is 17.8 Å². The predicted molar refractivity (Wildman–Crippen MR) is 92.1 cm³/mol. The molecule has 1 amide bonds. The first-order chi connectivity index (χ1) is 11.5. The predicted octanol–water partition coefficient (Wildman–Crippen LogP) is 3.15. The first kappa shape index (κ1) is 16.9. The SMILES string of the molecule is CNc1snc(C)c1C(=O)N1CCOC(c2ccc(F)c(C)c2)C1. The Kier molecular flexibility index (Phi) is 4.82. The van der Waals surface area contributed by atoms with E-state index < -0.39 is 0 Å². The molecule has 1 aromatic heterocycles. The second kappa shape index (κ2) is 6.86. The van der Waals surface area contributed by atoms with Gasteiger partial charge in [0.25, 0.3) is 5.91 Å². The normalized spacial score (nSPS) is 17.8. The number of morpholine rings is 1. The van der Waals surface area contributed by atoms with E-state index in [0.717, 1.165) is 16.3 Å². The molecule has 1 aliphatic rings. The highest BCUT2D eigenvalue weighted by atomic mass is 32.1. The highest BCUT2D eigenvalue weighted by Crippen LogP contribution is 2.29. The Morgan fingerprint density at radius 3 is 2.96 bits per heavy atom. The van der Waals surface area contributed by atoms with Crippen molar-refractivity contribution in [3.05, 3.63) is 46.4 Å². The van der Waals surface area contributed by atoms with E-state index in [4.69, 9.17) is 4.74 Å². The molecule has 0 bridgehead atoms. The van der Waals surface area contributed by atoms with Crippen molar-refractivity contribution >= 4 is 22.4 Å². The first-order valence-electron chi connectivity index (χ1n) is 7.82. The van der Waals surface area contributed by atoms with Crippen molar-refractivity contribution in [3.8, 4) is 0 Å². The van der Waals surface area contributed by atoms with E-state index in [1.807, 2.05) is 6.92 Å². The summed E-state index contributed by atoms with van der Waals surface area (Å²) in [5.41, 5.74) is 2.82. The van der Waals surface area contributed by atoms with Gasteiger partial charge in [0.2, 0.25) is 0 Å². The molecular formula is C17H20FN3O2S. The number of aromatic nitrogens is 1. The Hall–Kier alpha value is -1.99. The molecule has 1 aliphatic heterocycles. The maximum absolute atomic E-state index is 13.5. The fourth-order valence-electron chi connectivity index (χ4n) is 2.85. The largest absolute Gasteiger partial charge is 0.378 e. The van der Waals surface area contributed by atoms with Crippen LogP contribution in [0.15, 0.2) is 18.2 Å². The van der Waals surface area contributed by atoms with Crippen LogP contribution in [0.25, 0.3) is 0 Å². The van der Waals surface area contributed by atoms with E-state index in [9.17, 15) is 9.18 Å². The lowest BCUT2D eigenvalue weighted by molar-refractivity contribution is -0.0228. The number of anilines is 1. The number of amides is 1. The number of hydrogen-bond donors (Lipinski definition) is 1. The zero-order valence-electron chi connectivity index (χ0n) is 13.9. The van der Waals surface area contributed by atoms with Crippen LogP contribution in [-0.2, 0) is 4.74 Å². The molecule has 5 nitrogen and oxygen atoms in total. The summed E-state index contributed by atoms with van der Waals surface area (Å²) in [6, 6.07) is 4.95. The van der Waals surface area contributed by atoms with E-state index in [2.05, 4.69) is 9.69 Å². The van der Waals surface area contributed by atoms with E-state index in [1.54, 1.807) is 31.0 Å². The van der Waals surface area contributed by atoms with Crippen molar-refractivity contribution < 1.29 is 13.9 Å². The number of carbonyl (C=O) groups excluding carboxylic acids is 1. The van der Waals surface area contributed by atoms with Gasteiger partial charge in [-0.3, -0.25) is 4.79 Å². The van der Waals surface area contributed by atoms with Crippen LogP contribution in [-0.4, -0.2) is 41.9 Å². The standard InChI is InChI=1S/C17H20FN3O2S/c1-10-8-12(4-5-13(10)18)14-9-21(6-7-23-14)17(22)15-11(2)20-24-16(15)19-3/h4-5,8,14,19H,6-7,9H2,1-3H3. The molecule has 0 saturated carbocycles. The lowest BCUT2D eigenvalue weighted by Crippen LogP contribution is -2.42. The fraction of sp³-hybridized carbons (Fsp3) is 0.412. The molecule has 1 fully saturated rings. The minimum atomic E-state index is -0.244. The molecule has 0 aliphatic carbocycles. The number of halogens is 1. The molecular weight excluding hydrogens is 329 g/mol. The Balaban J connectivity index is 1.81. The van der Waals surface area contributed by atoms with Crippen molar-refractivity contribution in [2.75, 3.05) is 32.1 Å². The molecule has 1 aromatic carbocycles. The molecule has 0 radical (unpaired) electrons. The summed E-state index contributed by atoms with van der Waals surface area (Å²) in [6.07, 6.45) is -0.244.